The molecule has 0 atom stereocenters. The molecule has 4 aromatic rings. The topological polar surface area (TPSA) is 142 Å². The first kappa shape index (κ1) is 26.6. The molecule has 38 heavy (non-hydrogen) atoms. The maximum atomic E-state index is 13.1. The van der Waals surface area contributed by atoms with Crippen molar-refractivity contribution < 1.29 is 34.0 Å². The fourth-order valence-electron chi connectivity index (χ4n) is 3.64. The highest BCUT2D eigenvalue weighted by molar-refractivity contribution is 7.90. The number of aryl methyl sites for hydroxylation is 3. The van der Waals surface area contributed by atoms with E-state index in [2.05, 4.69) is 15.1 Å². The molecule has 0 aliphatic carbocycles. The molecule has 4 rings (SSSR count). The molecule has 0 aliphatic rings. The van der Waals surface area contributed by atoms with Gasteiger partial charge in [-0.05, 0) is 56.2 Å². The summed E-state index contributed by atoms with van der Waals surface area (Å²) in [6.07, 6.45) is -3.27. The minimum Gasteiger partial charge on any atom is -0.438 e. The van der Waals surface area contributed by atoms with Crippen molar-refractivity contribution in [1.29, 1.82) is 0 Å². The van der Waals surface area contributed by atoms with Crippen LogP contribution in [0.5, 0.6) is 11.6 Å². The van der Waals surface area contributed by atoms with Crippen LogP contribution in [0.3, 0.4) is 0 Å². The molecule has 0 fully saturated rings. The number of sulfonamides is 1. The van der Waals surface area contributed by atoms with Gasteiger partial charge in [0, 0.05) is 9.05 Å². The Labute approximate surface area is 218 Å². The van der Waals surface area contributed by atoms with E-state index in [1.165, 1.54) is 24.3 Å². The molecule has 3 aromatic heterocycles. The normalized spacial score (nSPS) is 11.8. The second kappa shape index (κ2) is 9.78. The number of hydrogen-bond donors (Lipinski definition) is 2. The van der Waals surface area contributed by atoms with Gasteiger partial charge in [-0.2, -0.15) is 31.7 Å². The van der Waals surface area contributed by atoms with Gasteiger partial charge in [0.05, 0.1) is 11.8 Å². The largest absolute Gasteiger partial charge is 0.438 e. The molecule has 202 valence electrons. The van der Waals surface area contributed by atoms with Crippen LogP contribution in [0.4, 0.5) is 19.0 Å². The standard InChI is InChI=1S/C24H21F3N6O4S.2H2/c1-13-9-14(2)21(15(3)10-13)37-23-17(22(34)32-38(35,36)20-6-4-5-18(28)30-20)7-8-19(31-23)33-12-16(11-29-33)24(25,26)27;;/h4-12H,1-3H3,(H2,28,30)(H,32,34);2*1H. The average molecular weight is 551 g/mol. The molecular weight excluding hydrogens is 525 g/mol. The first-order valence-corrected chi connectivity index (χ1v) is 12.4. The zero-order chi connectivity index (χ0) is 27.8. The van der Waals surface area contributed by atoms with Gasteiger partial charge in [0.2, 0.25) is 5.88 Å². The Morgan fingerprint density at radius 3 is 2.37 bits per heavy atom. The van der Waals surface area contributed by atoms with Crippen LogP contribution in [0.1, 0.15) is 35.5 Å². The summed E-state index contributed by atoms with van der Waals surface area (Å²) in [6.45, 7) is 5.41. The molecule has 0 aliphatic heterocycles. The van der Waals surface area contributed by atoms with E-state index in [4.69, 9.17) is 10.5 Å². The summed E-state index contributed by atoms with van der Waals surface area (Å²) in [4.78, 5) is 21.0. The molecule has 0 radical (unpaired) electrons. The highest BCUT2D eigenvalue weighted by Gasteiger charge is 2.32. The fourth-order valence-corrected chi connectivity index (χ4v) is 4.58. The number of halogens is 3. The van der Waals surface area contributed by atoms with Gasteiger partial charge < -0.3 is 10.5 Å². The molecule has 3 heterocycles. The number of carbonyl (C=O) groups is 1. The SMILES string of the molecule is Cc1cc(C)c(Oc2nc(-n3cc(C(F)(F)F)cn3)ccc2C(=O)NS(=O)(=O)c2cccc(N)n2)c(C)c1.[HH].[HH]. The monoisotopic (exact) mass is 550 g/mol. The predicted octanol–water partition coefficient (Wildman–Crippen LogP) is 4.59. The number of anilines is 1. The first-order valence-electron chi connectivity index (χ1n) is 10.9. The van der Waals surface area contributed by atoms with Crippen LogP contribution in [0, 0.1) is 20.8 Å². The van der Waals surface area contributed by atoms with E-state index in [9.17, 15) is 26.4 Å². The van der Waals surface area contributed by atoms with E-state index in [0.29, 0.717) is 23.1 Å². The predicted molar refractivity (Wildman–Crippen MR) is 135 cm³/mol. The lowest BCUT2D eigenvalue weighted by molar-refractivity contribution is -0.137. The van der Waals surface area contributed by atoms with E-state index in [1.54, 1.807) is 13.8 Å². The Morgan fingerprint density at radius 2 is 1.76 bits per heavy atom. The highest BCUT2D eigenvalue weighted by Crippen LogP contribution is 2.32. The van der Waals surface area contributed by atoms with E-state index in [1.807, 2.05) is 23.8 Å². The zero-order valence-corrected chi connectivity index (χ0v) is 21.1. The molecule has 0 bridgehead atoms. The number of benzene rings is 1. The van der Waals surface area contributed by atoms with Gasteiger partial charge in [-0.25, -0.2) is 14.4 Å². The van der Waals surface area contributed by atoms with Gasteiger partial charge in [-0.1, -0.05) is 23.8 Å². The van der Waals surface area contributed by atoms with Gasteiger partial charge in [-0.3, -0.25) is 4.79 Å². The Morgan fingerprint density at radius 1 is 1.08 bits per heavy atom. The third-order valence-corrected chi connectivity index (χ3v) is 6.52. The number of carbonyl (C=O) groups excluding carboxylic acids is 1. The molecule has 1 amide bonds. The summed E-state index contributed by atoms with van der Waals surface area (Å²) < 4.78 is 73.4. The third-order valence-electron chi connectivity index (χ3n) is 5.29. The minimum absolute atomic E-state index is 0. The van der Waals surface area contributed by atoms with Crippen molar-refractivity contribution in [2.45, 2.75) is 32.0 Å². The number of alkyl halides is 3. The van der Waals surface area contributed by atoms with Crippen LogP contribution in [0.15, 0.2) is 59.9 Å². The fraction of sp³-hybridized carbons (Fsp3) is 0.167. The summed E-state index contributed by atoms with van der Waals surface area (Å²) in [5.41, 5.74) is 6.57. The molecule has 1 aromatic carbocycles. The Hall–Kier alpha value is -4.46. The number of nitrogens with one attached hydrogen (secondary N) is 1. The quantitative estimate of drug-likeness (QED) is 0.355. The van der Waals surface area contributed by atoms with E-state index < -0.39 is 32.7 Å². The number of aromatic nitrogens is 4. The maximum absolute atomic E-state index is 13.1. The number of ether oxygens (including phenoxy) is 1. The lowest BCUT2D eigenvalue weighted by Gasteiger charge is -2.16. The van der Waals surface area contributed by atoms with Crippen molar-refractivity contribution in [1.82, 2.24) is 24.5 Å². The van der Waals surface area contributed by atoms with Crippen LogP contribution in [-0.2, 0) is 16.2 Å². The molecule has 0 saturated heterocycles. The van der Waals surface area contributed by atoms with Gasteiger partial charge >= 0.3 is 6.18 Å². The number of pyridine rings is 2. The number of nitrogens with two attached hydrogens (primary N) is 1. The van der Waals surface area contributed by atoms with Crippen LogP contribution in [0.25, 0.3) is 5.82 Å². The molecule has 0 spiro atoms. The molecule has 0 saturated carbocycles. The van der Waals surface area contributed by atoms with Crippen molar-refractivity contribution in [2.75, 3.05) is 5.73 Å². The number of nitrogen functional groups attached to an aromatic ring is 1. The van der Waals surface area contributed by atoms with Crippen molar-refractivity contribution in [3.63, 3.8) is 0 Å². The second-order valence-corrected chi connectivity index (χ2v) is 9.99. The third kappa shape index (κ3) is 5.59. The zero-order valence-electron chi connectivity index (χ0n) is 20.2. The maximum Gasteiger partial charge on any atom is 0.419 e. The summed E-state index contributed by atoms with van der Waals surface area (Å²) in [7, 11) is -4.43. The second-order valence-electron chi connectivity index (χ2n) is 8.36. The molecule has 3 N–H and O–H groups in total. The first-order chi connectivity index (χ1) is 17.7. The highest BCUT2D eigenvalue weighted by atomic mass is 32.2. The lowest BCUT2D eigenvalue weighted by atomic mass is 10.1. The number of hydrogen-bond acceptors (Lipinski definition) is 8. The summed E-state index contributed by atoms with van der Waals surface area (Å²) in [5, 5.41) is 3.20. The average Bonchev–Trinajstić information content (AvgIpc) is 3.32. The van der Waals surface area contributed by atoms with E-state index in [0.717, 1.165) is 22.5 Å². The minimum atomic E-state index is -4.63. The van der Waals surface area contributed by atoms with Crippen molar-refractivity contribution in [3.8, 4) is 17.4 Å². The number of rotatable bonds is 6. The van der Waals surface area contributed by atoms with E-state index >= 15 is 0 Å². The molecule has 0 unspecified atom stereocenters. The van der Waals surface area contributed by atoms with Gasteiger partial charge in [0.15, 0.2) is 10.8 Å². The van der Waals surface area contributed by atoms with Crippen molar-refractivity contribution in [3.05, 3.63) is 82.7 Å². The van der Waals surface area contributed by atoms with Crippen LogP contribution >= 0.6 is 0 Å². The number of nitrogens with zero attached hydrogens (tertiary/aromatic N) is 4. The van der Waals surface area contributed by atoms with Crippen molar-refractivity contribution in [2.24, 2.45) is 0 Å². The number of amides is 1. The molecule has 14 heteroatoms. The van der Waals surface area contributed by atoms with Gasteiger partial charge in [0.1, 0.15) is 17.1 Å². The Bertz CT molecular complexity index is 1640. The lowest BCUT2D eigenvalue weighted by Crippen LogP contribution is -2.31. The summed E-state index contributed by atoms with van der Waals surface area (Å²) in [6, 6.07) is 9.91. The molecule has 10 nitrogen and oxygen atoms in total. The Kier molecular flexibility index (Phi) is 6.84. The van der Waals surface area contributed by atoms with Crippen LogP contribution in [0.2, 0.25) is 0 Å². The van der Waals surface area contributed by atoms with Crippen LogP contribution in [-0.4, -0.2) is 34.1 Å². The van der Waals surface area contributed by atoms with Gasteiger partial charge in [0.25, 0.3) is 15.9 Å². The Balaban J connectivity index is 0.00000280. The van der Waals surface area contributed by atoms with Gasteiger partial charge in [-0.15, -0.1) is 0 Å². The van der Waals surface area contributed by atoms with Crippen LogP contribution < -0.4 is 15.2 Å². The smallest absolute Gasteiger partial charge is 0.419 e. The summed E-state index contributed by atoms with van der Waals surface area (Å²) >= 11 is 0. The van der Waals surface area contributed by atoms with E-state index in [-0.39, 0.29) is 25.9 Å². The van der Waals surface area contributed by atoms with Crippen molar-refractivity contribution >= 4 is 21.7 Å². The summed E-state index contributed by atoms with van der Waals surface area (Å²) in [5.74, 6) is -1.30. The molecular formula is C24H25F3N6O4S.